The van der Waals surface area contributed by atoms with Crippen molar-refractivity contribution in [1.82, 2.24) is 29.6 Å². The van der Waals surface area contributed by atoms with Gasteiger partial charge in [-0.1, -0.05) is 32.0 Å². The number of anilines is 2. The number of hydrogen-bond donors (Lipinski definition) is 3. The summed E-state index contributed by atoms with van der Waals surface area (Å²) in [5, 5.41) is 17.0. The van der Waals surface area contributed by atoms with Crippen molar-refractivity contribution in [3.05, 3.63) is 35.8 Å². The number of aromatic nitrogens is 5. The molecule has 0 radical (unpaired) electrons. The molecule has 1 aliphatic rings. The third-order valence-corrected chi connectivity index (χ3v) is 5.16. The summed E-state index contributed by atoms with van der Waals surface area (Å²) in [5.74, 6) is 0.667. The van der Waals surface area contributed by atoms with Gasteiger partial charge in [-0.05, 0) is 6.42 Å². The molecule has 0 aromatic carbocycles. The van der Waals surface area contributed by atoms with Gasteiger partial charge in [-0.15, -0.1) is 0 Å². The number of H-pyrrole nitrogens is 1. The molecule has 0 saturated carbocycles. The van der Waals surface area contributed by atoms with Crippen molar-refractivity contribution in [2.75, 3.05) is 39.2 Å². The average Bonchev–Trinajstić information content (AvgIpc) is 3.60. The Balaban J connectivity index is 0.000000239. The molecule has 1 amide bonds. The largest absolute Gasteiger partial charge is 0.480 e. The first-order valence-electron chi connectivity index (χ1n) is 10.8. The highest BCUT2D eigenvalue weighted by atomic mass is 35.5. The molecule has 34 heavy (non-hydrogen) atoms. The van der Waals surface area contributed by atoms with Gasteiger partial charge in [0.15, 0.2) is 0 Å². The Morgan fingerprint density at radius 3 is 2.68 bits per heavy atom. The van der Waals surface area contributed by atoms with Gasteiger partial charge in [0.05, 0.1) is 42.1 Å². The molecule has 3 aromatic heterocycles. The molecule has 1 atom stereocenters. The highest BCUT2D eigenvalue weighted by molar-refractivity contribution is 6.35. The maximum atomic E-state index is 11.4. The molecule has 11 nitrogen and oxygen atoms in total. The summed E-state index contributed by atoms with van der Waals surface area (Å²) in [4.78, 5) is 24.7. The summed E-state index contributed by atoms with van der Waals surface area (Å²) < 4.78 is 12.0. The lowest BCUT2D eigenvalue weighted by Gasteiger charge is -2.16. The van der Waals surface area contributed by atoms with Crippen LogP contribution in [0.25, 0.3) is 11.0 Å². The zero-order chi connectivity index (χ0) is 25.3. The molecule has 186 valence electrons. The molecule has 0 spiro atoms. The zero-order valence-electron chi connectivity index (χ0n) is 20.1. The Kier molecular flexibility index (Phi) is 10.3. The number of nitrogens with zero attached hydrogens (tertiary/aromatic N) is 5. The van der Waals surface area contributed by atoms with Crippen LogP contribution in [-0.4, -0.2) is 80.7 Å². The third kappa shape index (κ3) is 6.69. The number of carbonyl (C=O) groups excluding carboxylic acids is 1. The van der Waals surface area contributed by atoms with Crippen molar-refractivity contribution < 1.29 is 19.4 Å². The summed E-state index contributed by atoms with van der Waals surface area (Å²) in [7, 11) is 5.01. The first-order chi connectivity index (χ1) is 16.4. The van der Waals surface area contributed by atoms with E-state index >= 15 is 0 Å². The van der Waals surface area contributed by atoms with Gasteiger partial charge in [0, 0.05) is 45.2 Å². The lowest BCUT2D eigenvalue weighted by molar-refractivity contribution is -0.126. The lowest BCUT2D eigenvalue weighted by Crippen LogP contribution is -2.31. The van der Waals surface area contributed by atoms with E-state index < -0.39 is 0 Å². The van der Waals surface area contributed by atoms with E-state index in [-0.39, 0.29) is 24.2 Å². The molecular weight excluding hydrogens is 462 g/mol. The maximum absolute atomic E-state index is 11.4. The number of carbonyl (C=O) groups is 1. The molecule has 3 N–H and O–H groups in total. The Labute approximate surface area is 203 Å². The molecule has 1 aliphatic heterocycles. The standard InChI is InChI=1S/C11H11ClN6O.C9H15NO3.C2H6/c1-18-5-6(3-14-18)15-11-16-9-8(7(12)4-13-9)10(17-11)19-2;1-7(6-11)9(12)10-4-3-8(5-10)13-2;1-2/h3-5H,1-2H3,(H2,13,15,16,17);8,11H,1,3-6H2,2H3;1-2H3. The van der Waals surface area contributed by atoms with Crippen LogP contribution in [0.4, 0.5) is 11.6 Å². The minimum Gasteiger partial charge on any atom is -0.480 e. The van der Waals surface area contributed by atoms with Crippen molar-refractivity contribution in [3.8, 4) is 5.88 Å². The summed E-state index contributed by atoms with van der Waals surface area (Å²) in [6, 6.07) is 0. The van der Waals surface area contributed by atoms with E-state index in [2.05, 4.69) is 31.9 Å². The number of hydrogen-bond acceptors (Lipinski definition) is 8. The predicted octanol–water partition coefficient (Wildman–Crippen LogP) is 2.91. The average molecular weight is 494 g/mol. The van der Waals surface area contributed by atoms with Crippen LogP contribution in [0.3, 0.4) is 0 Å². The zero-order valence-corrected chi connectivity index (χ0v) is 20.9. The van der Waals surface area contributed by atoms with E-state index in [4.69, 9.17) is 26.2 Å². The van der Waals surface area contributed by atoms with Crippen molar-refractivity contribution in [3.63, 3.8) is 0 Å². The molecule has 4 heterocycles. The fourth-order valence-electron chi connectivity index (χ4n) is 3.18. The first-order valence-corrected chi connectivity index (χ1v) is 11.2. The number of halogens is 1. The van der Waals surface area contributed by atoms with Crippen LogP contribution in [0.15, 0.2) is 30.7 Å². The Hall–Kier alpha value is -3.15. The van der Waals surface area contributed by atoms with Crippen LogP contribution in [0.1, 0.15) is 20.3 Å². The number of aromatic amines is 1. The summed E-state index contributed by atoms with van der Waals surface area (Å²) in [6.07, 6.45) is 6.15. The summed E-state index contributed by atoms with van der Waals surface area (Å²) in [6.45, 7) is 8.51. The summed E-state index contributed by atoms with van der Waals surface area (Å²) in [5.41, 5.74) is 1.65. The second-order valence-corrected chi connectivity index (χ2v) is 7.51. The highest BCUT2D eigenvalue weighted by Gasteiger charge is 2.26. The predicted molar refractivity (Wildman–Crippen MR) is 132 cm³/mol. The lowest BCUT2D eigenvalue weighted by atomic mass is 10.3. The van der Waals surface area contributed by atoms with Crippen LogP contribution >= 0.6 is 11.6 Å². The number of fused-ring (bicyclic) bond motifs is 1. The fraction of sp³-hybridized carbons (Fsp3) is 0.455. The smallest absolute Gasteiger partial charge is 0.251 e. The maximum Gasteiger partial charge on any atom is 0.251 e. The van der Waals surface area contributed by atoms with Crippen LogP contribution in [0.2, 0.25) is 5.02 Å². The van der Waals surface area contributed by atoms with Crippen molar-refractivity contribution in [1.29, 1.82) is 0 Å². The summed E-state index contributed by atoms with van der Waals surface area (Å²) >= 11 is 6.05. The van der Waals surface area contributed by atoms with Gasteiger partial charge in [0.1, 0.15) is 5.65 Å². The molecule has 1 fully saturated rings. The number of amides is 1. The number of likely N-dealkylation sites (tertiary alicyclic amines) is 1. The van der Waals surface area contributed by atoms with E-state index in [0.29, 0.717) is 41.0 Å². The van der Waals surface area contributed by atoms with Crippen molar-refractivity contribution >= 4 is 40.2 Å². The van der Waals surface area contributed by atoms with Crippen LogP contribution < -0.4 is 10.1 Å². The van der Waals surface area contributed by atoms with Gasteiger partial charge in [-0.2, -0.15) is 15.1 Å². The van der Waals surface area contributed by atoms with Crippen LogP contribution in [0.5, 0.6) is 5.88 Å². The third-order valence-electron chi connectivity index (χ3n) is 4.86. The van der Waals surface area contributed by atoms with Gasteiger partial charge in [-0.25, -0.2) is 0 Å². The van der Waals surface area contributed by atoms with E-state index in [1.165, 1.54) is 0 Å². The topological polar surface area (TPSA) is 130 Å². The van der Waals surface area contributed by atoms with Crippen LogP contribution in [-0.2, 0) is 16.6 Å². The van der Waals surface area contributed by atoms with E-state index in [1.54, 1.807) is 36.2 Å². The second-order valence-electron chi connectivity index (χ2n) is 7.10. The van der Waals surface area contributed by atoms with E-state index in [9.17, 15) is 4.79 Å². The van der Waals surface area contributed by atoms with Gasteiger partial charge >= 0.3 is 0 Å². The number of methoxy groups -OCH3 is 2. The van der Waals surface area contributed by atoms with Crippen molar-refractivity contribution in [2.45, 2.75) is 26.4 Å². The first kappa shape index (κ1) is 27.1. The minimum atomic E-state index is -0.271. The molecule has 0 aliphatic carbocycles. The molecule has 12 heteroatoms. The highest BCUT2D eigenvalue weighted by Crippen LogP contribution is 2.30. The van der Waals surface area contributed by atoms with E-state index in [0.717, 1.165) is 12.1 Å². The number of aryl methyl sites for hydroxylation is 1. The Morgan fingerprint density at radius 1 is 1.38 bits per heavy atom. The molecular formula is C22H32ClN7O4. The van der Waals surface area contributed by atoms with Gasteiger partial charge in [-0.3, -0.25) is 9.48 Å². The number of ether oxygens (including phenoxy) is 2. The molecule has 0 bridgehead atoms. The van der Waals surface area contributed by atoms with E-state index in [1.807, 2.05) is 27.1 Å². The fourth-order valence-corrected chi connectivity index (χ4v) is 3.40. The van der Waals surface area contributed by atoms with Gasteiger partial charge in [0.2, 0.25) is 11.8 Å². The number of rotatable bonds is 6. The molecule has 1 unspecified atom stereocenters. The second kappa shape index (κ2) is 12.9. The molecule has 3 aromatic rings. The quantitative estimate of drug-likeness (QED) is 0.447. The van der Waals surface area contributed by atoms with Crippen molar-refractivity contribution in [2.24, 2.45) is 7.05 Å². The Morgan fingerprint density at radius 2 is 2.12 bits per heavy atom. The Bertz CT molecular complexity index is 1100. The minimum absolute atomic E-state index is 0.135. The number of nitrogens with one attached hydrogen (secondary N) is 2. The monoisotopic (exact) mass is 493 g/mol. The molecule has 4 rings (SSSR count). The van der Waals surface area contributed by atoms with Crippen LogP contribution in [0, 0.1) is 0 Å². The normalized spacial score (nSPS) is 14.7. The SMILES string of the molecule is C=C(CO)C(=O)N1CCC(OC)C1.CC.COc1nc(Nc2cnn(C)c2)nc2[nH]cc(Cl)c12. The number of aliphatic hydroxyl groups is 1. The van der Waals surface area contributed by atoms with Gasteiger partial charge < -0.3 is 29.8 Å². The number of aliphatic hydroxyl groups excluding tert-OH is 1. The van der Waals surface area contributed by atoms with Gasteiger partial charge in [0.25, 0.3) is 5.91 Å². The molecule has 1 saturated heterocycles.